The SMILES string of the molecule is O=C(CC1CSc2nc3c(cnn3-c3cccc(Cl)c3)c(=O)n21)N(CCc1ccccc1)Cc1ccccc1. The summed E-state index contributed by atoms with van der Waals surface area (Å²) in [5, 5.41) is 6.02. The van der Waals surface area contributed by atoms with Crippen LogP contribution in [0.25, 0.3) is 16.7 Å². The molecule has 1 unspecified atom stereocenters. The zero-order valence-electron chi connectivity index (χ0n) is 21.1. The molecule has 5 aromatic rings. The molecule has 9 heteroatoms. The van der Waals surface area contributed by atoms with Gasteiger partial charge in [0.25, 0.3) is 5.56 Å². The lowest BCUT2D eigenvalue weighted by Gasteiger charge is -2.25. The van der Waals surface area contributed by atoms with Crippen molar-refractivity contribution in [2.24, 2.45) is 0 Å². The molecule has 1 aliphatic heterocycles. The molecule has 1 aliphatic rings. The number of hydrogen-bond donors (Lipinski definition) is 0. The Kier molecular flexibility index (Phi) is 7.22. The third-order valence-electron chi connectivity index (χ3n) is 6.92. The lowest BCUT2D eigenvalue weighted by Crippen LogP contribution is -2.35. The molecule has 0 spiro atoms. The predicted octanol–water partition coefficient (Wildman–Crippen LogP) is 5.54. The van der Waals surface area contributed by atoms with Crippen molar-refractivity contribution in [2.75, 3.05) is 12.3 Å². The molecule has 0 radical (unpaired) electrons. The van der Waals surface area contributed by atoms with Crippen molar-refractivity contribution in [3.8, 4) is 5.69 Å². The van der Waals surface area contributed by atoms with Crippen LogP contribution in [0.3, 0.4) is 0 Å². The topological polar surface area (TPSA) is 73.0 Å². The maximum atomic E-state index is 13.7. The summed E-state index contributed by atoms with van der Waals surface area (Å²) in [6.45, 7) is 1.13. The third kappa shape index (κ3) is 5.35. The number of thioether (sulfide) groups is 1. The van der Waals surface area contributed by atoms with Crippen LogP contribution in [0.4, 0.5) is 0 Å². The number of hydrogen-bond acceptors (Lipinski definition) is 5. The standard InChI is InChI=1S/C30H26ClN5O2S/c31-23-12-7-13-24(16-23)36-28-26(18-32-36)29(38)35-25(20-39-30(35)33-28)17-27(37)34(19-22-10-5-2-6-11-22)15-14-21-8-3-1-4-9-21/h1-13,16,18,25H,14-15,17,19-20H2. The van der Waals surface area contributed by atoms with E-state index in [0.29, 0.717) is 40.1 Å². The van der Waals surface area contributed by atoms with Gasteiger partial charge in [-0.15, -0.1) is 0 Å². The summed E-state index contributed by atoms with van der Waals surface area (Å²) in [4.78, 5) is 34.0. The summed E-state index contributed by atoms with van der Waals surface area (Å²) in [5.74, 6) is 0.637. The maximum Gasteiger partial charge on any atom is 0.265 e. The van der Waals surface area contributed by atoms with E-state index in [1.165, 1.54) is 17.3 Å². The molecule has 7 nitrogen and oxygen atoms in total. The lowest BCUT2D eigenvalue weighted by atomic mass is 10.1. The number of carbonyl (C=O) groups is 1. The van der Waals surface area contributed by atoms with Crippen LogP contribution >= 0.6 is 23.4 Å². The highest BCUT2D eigenvalue weighted by Crippen LogP contribution is 2.34. The second-order valence-corrected chi connectivity index (χ2v) is 11.0. The number of fused-ring (bicyclic) bond motifs is 2. The first-order valence-corrected chi connectivity index (χ1v) is 14.2. The van der Waals surface area contributed by atoms with Crippen LogP contribution in [-0.4, -0.2) is 42.4 Å². The molecule has 0 N–H and O–H groups in total. The van der Waals surface area contributed by atoms with Gasteiger partial charge in [0.15, 0.2) is 10.8 Å². The molecule has 196 valence electrons. The minimum Gasteiger partial charge on any atom is -0.338 e. The van der Waals surface area contributed by atoms with Crippen LogP contribution in [0.15, 0.2) is 101 Å². The van der Waals surface area contributed by atoms with Gasteiger partial charge in [0.05, 0.1) is 17.9 Å². The van der Waals surface area contributed by atoms with E-state index < -0.39 is 0 Å². The summed E-state index contributed by atoms with van der Waals surface area (Å²) in [7, 11) is 0. The van der Waals surface area contributed by atoms with Gasteiger partial charge in [0.1, 0.15) is 5.39 Å². The van der Waals surface area contributed by atoms with Gasteiger partial charge in [-0.2, -0.15) is 5.10 Å². The van der Waals surface area contributed by atoms with Crippen LogP contribution in [0.1, 0.15) is 23.6 Å². The fraction of sp³-hybridized carbons (Fsp3) is 0.200. The second kappa shape index (κ2) is 11.1. The first kappa shape index (κ1) is 25.4. The first-order chi connectivity index (χ1) is 19.1. The normalized spacial score (nSPS) is 14.4. The molecular weight excluding hydrogens is 530 g/mol. The number of aromatic nitrogens is 4. The summed E-state index contributed by atoms with van der Waals surface area (Å²) in [5.41, 5.74) is 3.31. The molecule has 3 aromatic carbocycles. The Bertz CT molecular complexity index is 1690. The Morgan fingerprint density at radius 1 is 1.00 bits per heavy atom. The lowest BCUT2D eigenvalue weighted by molar-refractivity contribution is -0.132. The molecule has 0 saturated carbocycles. The van der Waals surface area contributed by atoms with Crippen molar-refractivity contribution in [3.05, 3.63) is 118 Å². The zero-order valence-corrected chi connectivity index (χ0v) is 22.7. The van der Waals surface area contributed by atoms with Gasteiger partial charge in [0, 0.05) is 30.3 Å². The van der Waals surface area contributed by atoms with E-state index in [4.69, 9.17) is 16.6 Å². The highest BCUT2D eigenvalue weighted by Gasteiger charge is 2.31. The van der Waals surface area contributed by atoms with E-state index in [-0.39, 0.29) is 23.9 Å². The van der Waals surface area contributed by atoms with Gasteiger partial charge >= 0.3 is 0 Å². The molecule has 0 fully saturated rings. The van der Waals surface area contributed by atoms with E-state index >= 15 is 0 Å². The predicted molar refractivity (Wildman–Crippen MR) is 155 cm³/mol. The van der Waals surface area contributed by atoms with Crippen LogP contribution in [0.5, 0.6) is 0 Å². The summed E-state index contributed by atoms with van der Waals surface area (Å²) in [6, 6.07) is 27.2. The Hall–Kier alpha value is -3.88. The Balaban J connectivity index is 1.26. The quantitative estimate of drug-likeness (QED) is 0.235. The van der Waals surface area contributed by atoms with Crippen molar-refractivity contribution in [2.45, 2.75) is 30.6 Å². The number of rotatable bonds is 8. The van der Waals surface area contributed by atoms with E-state index in [0.717, 1.165) is 17.7 Å². The Labute approximate surface area is 235 Å². The largest absolute Gasteiger partial charge is 0.338 e. The van der Waals surface area contributed by atoms with Crippen molar-refractivity contribution >= 4 is 40.3 Å². The third-order valence-corrected chi connectivity index (χ3v) is 8.25. The molecule has 0 bridgehead atoms. The van der Waals surface area contributed by atoms with E-state index in [1.807, 2.05) is 65.6 Å². The number of benzene rings is 3. The highest BCUT2D eigenvalue weighted by atomic mass is 35.5. The maximum absolute atomic E-state index is 13.7. The Morgan fingerprint density at radius 3 is 2.49 bits per heavy atom. The smallest absolute Gasteiger partial charge is 0.265 e. The van der Waals surface area contributed by atoms with Crippen molar-refractivity contribution in [1.82, 2.24) is 24.2 Å². The molecule has 0 saturated heterocycles. The van der Waals surface area contributed by atoms with Crippen molar-refractivity contribution < 1.29 is 4.79 Å². The van der Waals surface area contributed by atoms with Crippen LogP contribution < -0.4 is 5.56 Å². The molecule has 0 aliphatic carbocycles. The average molecular weight is 556 g/mol. The van der Waals surface area contributed by atoms with E-state index in [2.05, 4.69) is 17.2 Å². The number of carbonyl (C=O) groups excluding carboxylic acids is 1. The van der Waals surface area contributed by atoms with Gasteiger partial charge in [-0.25, -0.2) is 9.67 Å². The van der Waals surface area contributed by atoms with Gasteiger partial charge in [-0.3, -0.25) is 14.2 Å². The molecule has 3 heterocycles. The zero-order chi connectivity index (χ0) is 26.8. The molecule has 1 atom stereocenters. The Morgan fingerprint density at radius 2 is 1.74 bits per heavy atom. The van der Waals surface area contributed by atoms with Gasteiger partial charge in [0.2, 0.25) is 5.91 Å². The first-order valence-electron chi connectivity index (χ1n) is 12.8. The van der Waals surface area contributed by atoms with E-state index in [1.54, 1.807) is 27.6 Å². The molecular formula is C30H26ClN5O2S. The summed E-state index contributed by atoms with van der Waals surface area (Å²) in [6.07, 6.45) is 2.54. The monoisotopic (exact) mass is 555 g/mol. The van der Waals surface area contributed by atoms with Gasteiger partial charge < -0.3 is 4.90 Å². The summed E-state index contributed by atoms with van der Waals surface area (Å²) >= 11 is 7.67. The van der Waals surface area contributed by atoms with Crippen LogP contribution in [0.2, 0.25) is 5.02 Å². The number of amides is 1. The molecule has 2 aromatic heterocycles. The van der Waals surface area contributed by atoms with Crippen molar-refractivity contribution in [1.29, 1.82) is 0 Å². The van der Waals surface area contributed by atoms with Crippen molar-refractivity contribution in [3.63, 3.8) is 0 Å². The minimum absolute atomic E-state index is 0.0230. The van der Waals surface area contributed by atoms with Gasteiger partial charge in [-0.1, -0.05) is 90.1 Å². The van der Waals surface area contributed by atoms with Crippen LogP contribution in [-0.2, 0) is 17.8 Å². The fourth-order valence-corrected chi connectivity index (χ4v) is 6.23. The number of halogens is 1. The van der Waals surface area contributed by atoms with Gasteiger partial charge in [-0.05, 0) is 35.7 Å². The highest BCUT2D eigenvalue weighted by molar-refractivity contribution is 7.99. The fourth-order valence-electron chi connectivity index (χ4n) is 4.91. The van der Waals surface area contributed by atoms with E-state index in [9.17, 15) is 9.59 Å². The molecule has 1 amide bonds. The molecule has 6 rings (SSSR count). The average Bonchev–Trinajstić information content (AvgIpc) is 3.57. The molecule has 39 heavy (non-hydrogen) atoms. The minimum atomic E-state index is -0.272. The van der Waals surface area contributed by atoms with Crippen LogP contribution in [0, 0.1) is 0 Å². The number of nitrogens with zero attached hydrogens (tertiary/aromatic N) is 5. The second-order valence-electron chi connectivity index (χ2n) is 9.55. The summed E-state index contributed by atoms with van der Waals surface area (Å²) < 4.78 is 3.31.